The second-order valence-corrected chi connectivity index (χ2v) is 11.5. The Morgan fingerprint density at radius 2 is 2.05 bits per heavy atom. The molecule has 0 fully saturated rings. The number of hydrogen-bond donors (Lipinski definition) is 0. The molecule has 0 N–H and O–H groups in total. The number of aromatic nitrogens is 1. The Morgan fingerprint density at radius 3 is 2.73 bits per heavy atom. The predicted molar refractivity (Wildman–Crippen MR) is 155 cm³/mol. The zero-order chi connectivity index (χ0) is 28.6. The number of hydrogen-bond acceptors (Lipinski definition) is 9. The van der Waals surface area contributed by atoms with Crippen molar-refractivity contribution in [1.29, 1.82) is 0 Å². The van der Waals surface area contributed by atoms with Crippen molar-refractivity contribution in [3.63, 3.8) is 0 Å². The molecule has 0 radical (unpaired) electrons. The van der Waals surface area contributed by atoms with Crippen LogP contribution in [0.2, 0.25) is 10.0 Å². The first-order valence-corrected chi connectivity index (χ1v) is 14.7. The van der Waals surface area contributed by atoms with E-state index in [1.54, 1.807) is 25.1 Å². The normalized spacial score (nSPS) is 15.2. The van der Waals surface area contributed by atoms with Crippen molar-refractivity contribution in [2.45, 2.75) is 32.7 Å². The lowest BCUT2D eigenvalue weighted by Gasteiger charge is -2.24. The van der Waals surface area contributed by atoms with Gasteiger partial charge in [0.15, 0.2) is 4.80 Å². The molecule has 4 heterocycles. The van der Waals surface area contributed by atoms with Gasteiger partial charge in [-0.2, -0.15) is 0 Å². The number of allylic oxidation sites excluding steroid dienone is 1. The van der Waals surface area contributed by atoms with Gasteiger partial charge in [0.2, 0.25) is 0 Å². The lowest BCUT2D eigenvalue weighted by atomic mass is 9.99. The molecule has 0 amide bonds. The fourth-order valence-electron chi connectivity index (χ4n) is 4.41. The van der Waals surface area contributed by atoms with Crippen LogP contribution in [-0.2, 0) is 9.53 Å². The Balaban J connectivity index is 1.62. The van der Waals surface area contributed by atoms with Gasteiger partial charge in [-0.25, -0.2) is 9.79 Å². The summed E-state index contributed by atoms with van der Waals surface area (Å²) in [4.78, 5) is 43.5. The lowest BCUT2D eigenvalue weighted by Crippen LogP contribution is -2.39. The highest BCUT2D eigenvalue weighted by atomic mass is 35.5. The van der Waals surface area contributed by atoms with Crippen LogP contribution in [0.15, 0.2) is 67.3 Å². The van der Waals surface area contributed by atoms with Crippen LogP contribution in [-0.4, -0.2) is 22.1 Å². The Hall–Kier alpha value is -3.51. The Morgan fingerprint density at radius 1 is 1.25 bits per heavy atom. The molecule has 0 bridgehead atoms. The van der Waals surface area contributed by atoms with Crippen LogP contribution in [0.3, 0.4) is 0 Å². The first-order chi connectivity index (χ1) is 19.2. The van der Waals surface area contributed by atoms with Crippen LogP contribution in [0.5, 0.6) is 0 Å². The van der Waals surface area contributed by atoms with E-state index in [4.69, 9.17) is 37.3 Å². The minimum atomic E-state index is -0.660. The van der Waals surface area contributed by atoms with Crippen molar-refractivity contribution in [1.82, 2.24) is 4.57 Å². The molecular formula is C27H21Cl2N3O6S2. The van der Waals surface area contributed by atoms with Crippen LogP contribution < -0.4 is 14.9 Å². The third kappa shape index (κ3) is 5.17. The molecular weight excluding hydrogens is 597 g/mol. The van der Waals surface area contributed by atoms with Gasteiger partial charge < -0.3 is 9.15 Å². The zero-order valence-electron chi connectivity index (χ0n) is 21.2. The maximum absolute atomic E-state index is 13.8. The third-order valence-electron chi connectivity index (χ3n) is 6.10. The topological polar surface area (TPSA) is 117 Å². The Kier molecular flexibility index (Phi) is 8.09. The van der Waals surface area contributed by atoms with Gasteiger partial charge in [0.1, 0.15) is 22.6 Å². The van der Waals surface area contributed by atoms with E-state index in [2.05, 4.69) is 0 Å². The molecule has 1 atom stereocenters. The number of esters is 1. The van der Waals surface area contributed by atoms with Crippen LogP contribution in [0, 0.1) is 10.1 Å². The Labute approximate surface area is 245 Å². The average Bonchev–Trinajstić information content (AvgIpc) is 3.67. The van der Waals surface area contributed by atoms with Crippen molar-refractivity contribution in [3.05, 3.63) is 104 Å². The van der Waals surface area contributed by atoms with E-state index in [1.165, 1.54) is 39.4 Å². The summed E-state index contributed by atoms with van der Waals surface area (Å²) < 4.78 is 13.2. The first-order valence-electron chi connectivity index (χ1n) is 12.2. The molecule has 206 valence electrons. The summed E-state index contributed by atoms with van der Waals surface area (Å²) in [6.45, 7) is 3.94. The van der Waals surface area contributed by atoms with E-state index in [0.717, 1.165) is 11.3 Å². The standard InChI is InChI=1S/C27H21Cl2N3O6S2/c1-3-6-18-23(26(34)37-4-2)24(21-7-5-10-39-21)31-25(33)22(40-27(31)30-18)11-14-8-9-20(38-14)15-12-17(29)19(32(35)36)13-16(15)28/h5,7-13,24H,3-4,6H2,1-2H3/b22-11+. The van der Waals surface area contributed by atoms with Gasteiger partial charge in [-0.3, -0.25) is 19.5 Å². The second-order valence-electron chi connectivity index (χ2n) is 8.67. The van der Waals surface area contributed by atoms with Crippen molar-refractivity contribution >= 4 is 63.6 Å². The van der Waals surface area contributed by atoms with Gasteiger partial charge in [0, 0.05) is 22.6 Å². The lowest BCUT2D eigenvalue weighted by molar-refractivity contribution is -0.384. The molecule has 0 saturated carbocycles. The number of benzene rings is 1. The van der Waals surface area contributed by atoms with Crippen molar-refractivity contribution in [3.8, 4) is 11.3 Å². The molecule has 0 saturated heterocycles. The largest absolute Gasteiger partial charge is 0.463 e. The molecule has 40 heavy (non-hydrogen) atoms. The molecule has 3 aromatic heterocycles. The summed E-state index contributed by atoms with van der Waals surface area (Å²) in [5.74, 6) is 0.195. The summed E-state index contributed by atoms with van der Waals surface area (Å²) in [7, 11) is 0. The minimum Gasteiger partial charge on any atom is -0.463 e. The number of furan rings is 1. The van der Waals surface area contributed by atoms with E-state index in [0.29, 0.717) is 44.1 Å². The SMILES string of the molecule is CCCC1=C(C(=O)OCC)C(c2cccs2)n2c(s/c(=C/c3ccc(-c4cc(Cl)c([N+](=O)[O-])cc4Cl)o3)c2=O)=N1. The summed E-state index contributed by atoms with van der Waals surface area (Å²) in [5.41, 5.74) is 0.716. The van der Waals surface area contributed by atoms with Gasteiger partial charge in [-0.1, -0.05) is 53.9 Å². The zero-order valence-corrected chi connectivity index (χ0v) is 24.3. The summed E-state index contributed by atoms with van der Waals surface area (Å²) in [6, 6.07) is 8.93. The molecule has 4 aromatic rings. The number of nitro benzene ring substituents is 1. The summed E-state index contributed by atoms with van der Waals surface area (Å²) >= 11 is 15.0. The fraction of sp³-hybridized carbons (Fsp3) is 0.222. The van der Waals surface area contributed by atoms with E-state index in [-0.39, 0.29) is 27.9 Å². The number of ether oxygens (including phenoxy) is 1. The number of thiophene rings is 1. The number of carbonyl (C=O) groups is 1. The molecule has 1 aliphatic heterocycles. The molecule has 1 unspecified atom stereocenters. The number of nitro groups is 1. The maximum atomic E-state index is 13.8. The summed E-state index contributed by atoms with van der Waals surface area (Å²) in [6.07, 6.45) is 2.91. The van der Waals surface area contributed by atoms with Gasteiger partial charge >= 0.3 is 5.97 Å². The van der Waals surface area contributed by atoms with Crippen LogP contribution in [0.4, 0.5) is 5.69 Å². The van der Waals surface area contributed by atoms with Crippen LogP contribution >= 0.6 is 45.9 Å². The number of halogens is 2. The number of fused-ring (bicyclic) bond motifs is 1. The Bertz CT molecular complexity index is 1840. The van der Waals surface area contributed by atoms with Crippen molar-refractivity contribution < 1.29 is 18.9 Å². The number of rotatable bonds is 8. The predicted octanol–water partition coefficient (Wildman–Crippen LogP) is 6.12. The number of nitrogens with zero attached hydrogens (tertiary/aromatic N) is 3. The van der Waals surface area contributed by atoms with E-state index >= 15 is 0 Å². The highest BCUT2D eigenvalue weighted by Gasteiger charge is 2.34. The second kappa shape index (κ2) is 11.5. The van der Waals surface area contributed by atoms with E-state index in [9.17, 15) is 19.7 Å². The van der Waals surface area contributed by atoms with Crippen molar-refractivity contribution in [2.75, 3.05) is 6.61 Å². The van der Waals surface area contributed by atoms with Gasteiger partial charge in [0.25, 0.3) is 11.2 Å². The molecule has 0 aliphatic carbocycles. The highest BCUT2D eigenvalue weighted by Crippen LogP contribution is 2.38. The maximum Gasteiger partial charge on any atom is 0.338 e. The highest BCUT2D eigenvalue weighted by molar-refractivity contribution is 7.10. The molecule has 1 aliphatic rings. The fourth-order valence-corrected chi connectivity index (χ4v) is 6.71. The van der Waals surface area contributed by atoms with Gasteiger partial charge in [-0.15, -0.1) is 11.3 Å². The monoisotopic (exact) mass is 617 g/mol. The van der Waals surface area contributed by atoms with Gasteiger partial charge in [0.05, 0.1) is 32.4 Å². The van der Waals surface area contributed by atoms with Crippen LogP contribution in [0.25, 0.3) is 17.4 Å². The summed E-state index contributed by atoms with van der Waals surface area (Å²) in [5, 5.41) is 13.1. The average molecular weight is 619 g/mol. The molecule has 1 aromatic carbocycles. The van der Waals surface area contributed by atoms with Gasteiger partial charge in [-0.05, 0) is 43.0 Å². The first kappa shape index (κ1) is 28.0. The van der Waals surface area contributed by atoms with Crippen molar-refractivity contribution in [2.24, 2.45) is 4.99 Å². The smallest absolute Gasteiger partial charge is 0.338 e. The van der Waals surface area contributed by atoms with E-state index in [1.807, 2.05) is 24.4 Å². The molecule has 13 heteroatoms. The van der Waals surface area contributed by atoms with E-state index < -0.39 is 16.9 Å². The van der Waals surface area contributed by atoms with Crippen LogP contribution in [0.1, 0.15) is 43.4 Å². The third-order valence-corrected chi connectivity index (χ3v) is 8.63. The number of carbonyl (C=O) groups excluding carboxylic acids is 1. The molecule has 0 spiro atoms. The number of thiazole rings is 1. The quantitative estimate of drug-likeness (QED) is 0.134. The minimum absolute atomic E-state index is 0.0791. The molecule has 5 rings (SSSR count). The molecule has 9 nitrogen and oxygen atoms in total.